The van der Waals surface area contributed by atoms with E-state index in [0.29, 0.717) is 11.8 Å². The Labute approximate surface area is 185 Å². The molecule has 0 radical (unpaired) electrons. The molecule has 8 heteroatoms. The minimum Gasteiger partial charge on any atom is -0.381 e. The van der Waals surface area contributed by atoms with E-state index in [-0.39, 0.29) is 0 Å². The van der Waals surface area contributed by atoms with Crippen molar-refractivity contribution in [2.24, 2.45) is 16.8 Å². The van der Waals surface area contributed by atoms with Gasteiger partial charge in [-0.15, -0.1) is 11.3 Å². The smallest absolute Gasteiger partial charge is 0.190 e. The molecule has 7 nitrogen and oxygen atoms in total. The second-order valence-electron chi connectivity index (χ2n) is 8.44. The first-order valence-corrected chi connectivity index (χ1v) is 12.3. The van der Waals surface area contributed by atoms with Gasteiger partial charge < -0.3 is 20.1 Å². The van der Waals surface area contributed by atoms with Gasteiger partial charge in [-0.05, 0) is 64.0 Å². The fourth-order valence-corrected chi connectivity index (χ4v) is 4.67. The quantitative estimate of drug-likeness (QED) is 0.333. The summed E-state index contributed by atoms with van der Waals surface area (Å²) in [5.41, 5.74) is 1.22. The average Bonchev–Trinajstić information content (AvgIpc) is 3.19. The van der Waals surface area contributed by atoms with Crippen molar-refractivity contribution in [1.29, 1.82) is 0 Å². The first-order valence-electron chi connectivity index (χ1n) is 11.5. The average molecular weight is 438 g/mol. The maximum Gasteiger partial charge on any atom is 0.190 e. The molecule has 0 bridgehead atoms. The number of nitrogens with one attached hydrogen (secondary N) is 2. The molecule has 0 saturated carbocycles. The van der Waals surface area contributed by atoms with Gasteiger partial charge in [0.05, 0.1) is 10.7 Å². The lowest BCUT2D eigenvalue weighted by Gasteiger charge is -2.31. The molecule has 2 saturated heterocycles. The molecule has 3 rings (SSSR count). The van der Waals surface area contributed by atoms with Gasteiger partial charge in [0.1, 0.15) is 0 Å². The number of aromatic nitrogens is 1. The Morgan fingerprint density at radius 2 is 2.03 bits per heavy atom. The first-order chi connectivity index (χ1) is 14.7. The Hall–Kier alpha value is -1.22. The van der Waals surface area contributed by atoms with E-state index in [4.69, 9.17) is 9.47 Å². The normalized spacial score (nSPS) is 19.9. The molecule has 0 unspecified atom stereocenters. The Morgan fingerprint density at radius 3 is 2.73 bits per heavy atom. The van der Waals surface area contributed by atoms with Gasteiger partial charge in [0, 0.05) is 58.5 Å². The summed E-state index contributed by atoms with van der Waals surface area (Å²) in [4.78, 5) is 11.5. The van der Waals surface area contributed by atoms with Crippen LogP contribution in [0.2, 0.25) is 0 Å². The Bertz CT molecular complexity index is 625. The number of piperidine rings is 1. The monoisotopic (exact) mass is 437 g/mol. The van der Waals surface area contributed by atoms with Crippen LogP contribution >= 0.6 is 11.3 Å². The second kappa shape index (κ2) is 13.2. The number of thiazole rings is 1. The van der Waals surface area contributed by atoms with Crippen LogP contribution in [-0.4, -0.2) is 75.5 Å². The molecular weight excluding hydrogens is 398 g/mol. The number of likely N-dealkylation sites (tertiary alicyclic amines) is 1. The highest BCUT2D eigenvalue weighted by atomic mass is 32.1. The minimum absolute atomic E-state index is 0.679. The van der Waals surface area contributed by atoms with E-state index in [1.807, 2.05) is 7.05 Å². The number of aryl methyl sites for hydroxylation is 1. The Morgan fingerprint density at radius 1 is 1.23 bits per heavy atom. The van der Waals surface area contributed by atoms with Crippen LogP contribution < -0.4 is 10.6 Å². The molecule has 3 heterocycles. The van der Waals surface area contributed by atoms with Crippen LogP contribution in [0.25, 0.3) is 0 Å². The number of hydrogen-bond donors (Lipinski definition) is 2. The van der Waals surface area contributed by atoms with Crippen LogP contribution in [0.4, 0.5) is 0 Å². The molecule has 2 N–H and O–H groups in total. The fraction of sp³-hybridized carbons (Fsp3) is 0.818. The maximum absolute atomic E-state index is 5.83. The van der Waals surface area contributed by atoms with Crippen LogP contribution in [0.5, 0.6) is 0 Å². The van der Waals surface area contributed by atoms with E-state index in [1.165, 1.54) is 18.5 Å². The standard InChI is InChI=1S/C22H39N5O2S/c1-18-26-21(17-30-18)15-27-9-4-19(5-10-27)14-25-22(23-2)24-8-3-11-29-16-20-6-12-28-13-7-20/h17,19-20H,3-16H2,1-2H3,(H2,23,24,25). The zero-order valence-electron chi connectivity index (χ0n) is 18.7. The van der Waals surface area contributed by atoms with E-state index >= 15 is 0 Å². The van der Waals surface area contributed by atoms with E-state index in [2.05, 4.69) is 37.8 Å². The predicted octanol–water partition coefficient (Wildman–Crippen LogP) is 2.66. The van der Waals surface area contributed by atoms with Crippen LogP contribution in [0.1, 0.15) is 42.8 Å². The van der Waals surface area contributed by atoms with Crippen molar-refractivity contribution in [1.82, 2.24) is 20.5 Å². The molecule has 0 aromatic carbocycles. The molecule has 2 fully saturated rings. The molecule has 30 heavy (non-hydrogen) atoms. The highest BCUT2D eigenvalue weighted by Gasteiger charge is 2.20. The van der Waals surface area contributed by atoms with Crippen LogP contribution in [0.3, 0.4) is 0 Å². The first kappa shape index (κ1) is 23.4. The molecule has 2 aliphatic rings. The van der Waals surface area contributed by atoms with Crippen molar-refractivity contribution < 1.29 is 9.47 Å². The third kappa shape index (κ3) is 8.49. The van der Waals surface area contributed by atoms with Crippen molar-refractivity contribution in [3.63, 3.8) is 0 Å². The molecule has 0 amide bonds. The third-order valence-electron chi connectivity index (χ3n) is 5.99. The van der Waals surface area contributed by atoms with Gasteiger partial charge in [0.2, 0.25) is 0 Å². The van der Waals surface area contributed by atoms with Crippen LogP contribution in [0.15, 0.2) is 10.4 Å². The third-order valence-corrected chi connectivity index (χ3v) is 6.82. The zero-order valence-corrected chi connectivity index (χ0v) is 19.5. The number of aliphatic imine (C=N–C) groups is 1. The lowest BCUT2D eigenvalue weighted by Crippen LogP contribution is -2.43. The second-order valence-corrected chi connectivity index (χ2v) is 9.50. The Kier molecular flexibility index (Phi) is 10.4. The molecular formula is C22H39N5O2S. The van der Waals surface area contributed by atoms with Gasteiger partial charge in [-0.1, -0.05) is 0 Å². The summed E-state index contributed by atoms with van der Waals surface area (Å²) in [5.74, 6) is 2.29. The number of hydrogen-bond acceptors (Lipinski definition) is 6. The zero-order chi connectivity index (χ0) is 21.0. The summed E-state index contributed by atoms with van der Waals surface area (Å²) in [6.45, 7) is 10.7. The highest BCUT2D eigenvalue weighted by molar-refractivity contribution is 7.09. The number of ether oxygens (including phenoxy) is 2. The van der Waals surface area contributed by atoms with Gasteiger partial charge in [0.15, 0.2) is 5.96 Å². The summed E-state index contributed by atoms with van der Waals surface area (Å²) in [6.07, 6.45) is 5.73. The van der Waals surface area contributed by atoms with Crippen LogP contribution in [0, 0.1) is 18.8 Å². The number of rotatable bonds is 10. The number of nitrogens with zero attached hydrogens (tertiary/aromatic N) is 3. The van der Waals surface area contributed by atoms with Crippen molar-refractivity contribution in [3.8, 4) is 0 Å². The van der Waals surface area contributed by atoms with E-state index in [9.17, 15) is 0 Å². The summed E-state index contributed by atoms with van der Waals surface area (Å²) in [7, 11) is 1.84. The largest absolute Gasteiger partial charge is 0.381 e. The van der Waals surface area contributed by atoms with Crippen molar-refractivity contribution in [2.45, 2.75) is 45.6 Å². The molecule has 0 spiro atoms. The van der Waals surface area contributed by atoms with Crippen molar-refractivity contribution >= 4 is 17.3 Å². The summed E-state index contributed by atoms with van der Waals surface area (Å²) in [6, 6.07) is 0. The molecule has 1 aromatic rings. The summed E-state index contributed by atoms with van der Waals surface area (Å²) in [5, 5.41) is 10.3. The molecule has 1 aromatic heterocycles. The summed E-state index contributed by atoms with van der Waals surface area (Å²) >= 11 is 1.74. The predicted molar refractivity (Wildman–Crippen MR) is 123 cm³/mol. The number of guanidine groups is 1. The summed E-state index contributed by atoms with van der Waals surface area (Å²) < 4.78 is 11.2. The van der Waals surface area contributed by atoms with Gasteiger partial charge in [0.25, 0.3) is 0 Å². The maximum atomic E-state index is 5.83. The molecule has 0 atom stereocenters. The minimum atomic E-state index is 0.679. The van der Waals surface area contributed by atoms with E-state index < -0.39 is 0 Å². The molecule has 2 aliphatic heterocycles. The fourth-order valence-electron chi connectivity index (χ4n) is 4.06. The molecule has 170 valence electrons. The molecule has 0 aliphatic carbocycles. The van der Waals surface area contributed by atoms with E-state index in [0.717, 1.165) is 89.4 Å². The van der Waals surface area contributed by atoms with Gasteiger partial charge in [-0.2, -0.15) is 0 Å². The van der Waals surface area contributed by atoms with Crippen LogP contribution in [-0.2, 0) is 16.0 Å². The Balaban J connectivity index is 1.20. The van der Waals surface area contributed by atoms with E-state index in [1.54, 1.807) is 11.3 Å². The highest BCUT2D eigenvalue weighted by Crippen LogP contribution is 2.19. The lowest BCUT2D eigenvalue weighted by molar-refractivity contribution is 0.0203. The van der Waals surface area contributed by atoms with Crippen molar-refractivity contribution in [3.05, 3.63) is 16.1 Å². The van der Waals surface area contributed by atoms with Crippen molar-refractivity contribution in [2.75, 3.05) is 59.7 Å². The van der Waals surface area contributed by atoms with Gasteiger partial charge in [-0.25, -0.2) is 4.98 Å². The SMILES string of the molecule is CN=C(NCCCOCC1CCOCC1)NCC1CCN(Cc2csc(C)n2)CC1. The van der Waals surface area contributed by atoms with Gasteiger partial charge in [-0.3, -0.25) is 9.89 Å². The topological polar surface area (TPSA) is 71.0 Å². The lowest BCUT2D eigenvalue weighted by atomic mass is 9.97. The van der Waals surface area contributed by atoms with Gasteiger partial charge >= 0.3 is 0 Å².